The second-order valence-corrected chi connectivity index (χ2v) is 7.17. The summed E-state index contributed by atoms with van der Waals surface area (Å²) in [5.74, 6) is 0.835. The lowest BCUT2D eigenvalue weighted by atomic mass is 9.74. The van der Waals surface area contributed by atoms with Crippen LogP contribution in [0.2, 0.25) is 0 Å². The summed E-state index contributed by atoms with van der Waals surface area (Å²) in [4.78, 5) is 0. The quantitative estimate of drug-likeness (QED) is 0.787. The molecule has 0 aromatic carbocycles. The molecule has 0 fully saturated rings. The average molecular weight is 221 g/mol. The van der Waals surface area contributed by atoms with Crippen LogP contribution in [0.25, 0.3) is 0 Å². The standard InChI is InChI=1S/C10H23NO2S/c1-8(2)9(10(3,4)5)7-11-14(6,12)13/h8-9,11H,7H2,1-6H3. The van der Waals surface area contributed by atoms with Crippen LogP contribution in [0.5, 0.6) is 0 Å². The first-order chi connectivity index (χ1) is 6.04. The molecule has 0 rings (SSSR count). The van der Waals surface area contributed by atoms with E-state index < -0.39 is 10.0 Å². The lowest BCUT2D eigenvalue weighted by Gasteiger charge is -2.33. The molecular formula is C10H23NO2S. The second kappa shape index (κ2) is 4.62. The van der Waals surface area contributed by atoms with Crippen molar-refractivity contribution in [2.75, 3.05) is 12.8 Å². The fourth-order valence-electron chi connectivity index (χ4n) is 1.78. The van der Waals surface area contributed by atoms with Crippen LogP contribution >= 0.6 is 0 Å². The summed E-state index contributed by atoms with van der Waals surface area (Å²) in [6, 6.07) is 0. The van der Waals surface area contributed by atoms with Crippen LogP contribution in [-0.4, -0.2) is 21.2 Å². The van der Waals surface area contributed by atoms with Gasteiger partial charge >= 0.3 is 0 Å². The summed E-state index contributed by atoms with van der Waals surface area (Å²) >= 11 is 0. The Kier molecular flexibility index (Phi) is 4.59. The van der Waals surface area contributed by atoms with Crippen molar-refractivity contribution in [3.05, 3.63) is 0 Å². The highest BCUT2D eigenvalue weighted by atomic mass is 32.2. The van der Waals surface area contributed by atoms with E-state index in [9.17, 15) is 8.42 Å². The van der Waals surface area contributed by atoms with E-state index in [0.29, 0.717) is 18.4 Å². The minimum atomic E-state index is -3.06. The lowest BCUT2D eigenvalue weighted by Crippen LogP contribution is -2.37. The molecule has 0 aromatic rings. The van der Waals surface area contributed by atoms with Crippen LogP contribution in [0.4, 0.5) is 0 Å². The molecule has 0 aliphatic rings. The number of nitrogens with one attached hydrogen (secondary N) is 1. The summed E-state index contributed by atoms with van der Waals surface area (Å²) in [6.07, 6.45) is 1.20. The normalized spacial score (nSPS) is 15.9. The fourth-order valence-corrected chi connectivity index (χ4v) is 2.27. The topological polar surface area (TPSA) is 46.2 Å². The van der Waals surface area contributed by atoms with E-state index in [1.807, 2.05) is 0 Å². The zero-order valence-electron chi connectivity index (χ0n) is 10.1. The predicted molar refractivity (Wildman–Crippen MR) is 60.6 cm³/mol. The van der Waals surface area contributed by atoms with E-state index in [1.165, 1.54) is 6.26 Å². The SMILES string of the molecule is CC(C)C(CNS(C)(=O)=O)C(C)(C)C. The largest absolute Gasteiger partial charge is 0.215 e. The van der Waals surface area contributed by atoms with E-state index in [4.69, 9.17) is 0 Å². The van der Waals surface area contributed by atoms with Gasteiger partial charge in [0.2, 0.25) is 10.0 Å². The van der Waals surface area contributed by atoms with Crippen molar-refractivity contribution < 1.29 is 8.42 Å². The van der Waals surface area contributed by atoms with Crippen LogP contribution in [0, 0.1) is 17.3 Å². The van der Waals surface area contributed by atoms with E-state index in [2.05, 4.69) is 39.3 Å². The molecule has 0 aliphatic carbocycles. The molecule has 0 radical (unpaired) electrons. The van der Waals surface area contributed by atoms with Crippen LogP contribution in [0.1, 0.15) is 34.6 Å². The van der Waals surface area contributed by atoms with Gasteiger partial charge < -0.3 is 0 Å². The van der Waals surface area contributed by atoms with Gasteiger partial charge in [-0.15, -0.1) is 0 Å². The summed E-state index contributed by atoms with van der Waals surface area (Å²) in [5, 5.41) is 0. The predicted octanol–water partition coefficient (Wildman–Crippen LogP) is 1.85. The van der Waals surface area contributed by atoms with Crippen molar-refractivity contribution in [1.82, 2.24) is 4.72 Å². The number of sulfonamides is 1. The van der Waals surface area contributed by atoms with E-state index in [0.717, 1.165) is 0 Å². The molecule has 1 atom stereocenters. The van der Waals surface area contributed by atoms with E-state index in [-0.39, 0.29) is 5.41 Å². The Labute approximate surface area is 88.3 Å². The van der Waals surface area contributed by atoms with Gasteiger partial charge in [-0.25, -0.2) is 13.1 Å². The van der Waals surface area contributed by atoms with E-state index in [1.54, 1.807) is 0 Å². The van der Waals surface area contributed by atoms with Gasteiger partial charge in [-0.1, -0.05) is 34.6 Å². The molecule has 3 nitrogen and oxygen atoms in total. The van der Waals surface area contributed by atoms with E-state index >= 15 is 0 Å². The molecule has 0 saturated heterocycles. The van der Waals surface area contributed by atoms with Gasteiger partial charge in [-0.05, 0) is 17.3 Å². The maximum absolute atomic E-state index is 11.0. The highest BCUT2D eigenvalue weighted by Gasteiger charge is 2.27. The second-order valence-electron chi connectivity index (χ2n) is 5.34. The fraction of sp³-hybridized carbons (Fsp3) is 1.00. The maximum Gasteiger partial charge on any atom is 0.208 e. The minimum Gasteiger partial charge on any atom is -0.215 e. The Morgan fingerprint density at radius 3 is 1.86 bits per heavy atom. The first-order valence-electron chi connectivity index (χ1n) is 4.98. The summed E-state index contributed by atoms with van der Waals surface area (Å²) in [7, 11) is -3.06. The Morgan fingerprint density at radius 1 is 1.21 bits per heavy atom. The molecule has 14 heavy (non-hydrogen) atoms. The highest BCUT2D eigenvalue weighted by molar-refractivity contribution is 7.88. The van der Waals surface area contributed by atoms with Crippen molar-refractivity contribution in [3.63, 3.8) is 0 Å². The monoisotopic (exact) mass is 221 g/mol. The number of hydrogen-bond acceptors (Lipinski definition) is 2. The molecule has 0 bridgehead atoms. The zero-order chi connectivity index (χ0) is 11.6. The molecule has 0 amide bonds. The Hall–Kier alpha value is -0.0900. The first-order valence-corrected chi connectivity index (χ1v) is 6.88. The van der Waals surface area contributed by atoms with Gasteiger partial charge in [0.25, 0.3) is 0 Å². The molecule has 0 aliphatic heterocycles. The Balaban J connectivity index is 4.42. The molecule has 4 heteroatoms. The molecule has 0 saturated carbocycles. The van der Waals surface area contributed by atoms with Gasteiger partial charge in [-0.2, -0.15) is 0 Å². The van der Waals surface area contributed by atoms with Crippen LogP contribution in [-0.2, 0) is 10.0 Å². The Morgan fingerprint density at radius 2 is 1.64 bits per heavy atom. The Bertz CT molecular complexity index is 262. The summed E-state index contributed by atoms with van der Waals surface area (Å²) < 4.78 is 24.5. The van der Waals surface area contributed by atoms with Crippen LogP contribution in [0.15, 0.2) is 0 Å². The summed E-state index contributed by atoms with van der Waals surface area (Å²) in [5.41, 5.74) is 0.131. The summed E-state index contributed by atoms with van der Waals surface area (Å²) in [6.45, 7) is 11.2. The van der Waals surface area contributed by atoms with Gasteiger partial charge in [0.1, 0.15) is 0 Å². The minimum absolute atomic E-state index is 0.131. The van der Waals surface area contributed by atoms with Crippen molar-refractivity contribution in [3.8, 4) is 0 Å². The first kappa shape index (κ1) is 13.9. The van der Waals surface area contributed by atoms with Crippen molar-refractivity contribution in [2.24, 2.45) is 17.3 Å². The lowest BCUT2D eigenvalue weighted by molar-refractivity contribution is 0.181. The maximum atomic E-state index is 11.0. The third-order valence-electron chi connectivity index (χ3n) is 2.48. The van der Waals surface area contributed by atoms with Crippen LogP contribution < -0.4 is 4.72 Å². The highest BCUT2D eigenvalue weighted by Crippen LogP contribution is 2.31. The zero-order valence-corrected chi connectivity index (χ0v) is 10.9. The molecule has 1 unspecified atom stereocenters. The van der Waals surface area contributed by atoms with Gasteiger partial charge in [0, 0.05) is 6.54 Å². The van der Waals surface area contributed by atoms with Crippen molar-refractivity contribution >= 4 is 10.0 Å². The van der Waals surface area contributed by atoms with Gasteiger partial charge in [0.15, 0.2) is 0 Å². The molecule has 0 aromatic heterocycles. The molecule has 86 valence electrons. The van der Waals surface area contributed by atoms with Crippen LogP contribution in [0.3, 0.4) is 0 Å². The number of rotatable bonds is 4. The molecule has 1 N–H and O–H groups in total. The molecule has 0 heterocycles. The van der Waals surface area contributed by atoms with Gasteiger partial charge in [0.05, 0.1) is 6.26 Å². The molecule has 0 spiro atoms. The van der Waals surface area contributed by atoms with Gasteiger partial charge in [-0.3, -0.25) is 0 Å². The third-order valence-corrected chi connectivity index (χ3v) is 3.17. The van der Waals surface area contributed by atoms with Crippen molar-refractivity contribution in [1.29, 1.82) is 0 Å². The average Bonchev–Trinajstić information content (AvgIpc) is 1.79. The van der Waals surface area contributed by atoms with Crippen molar-refractivity contribution in [2.45, 2.75) is 34.6 Å². The molecular weight excluding hydrogens is 198 g/mol. The number of hydrogen-bond donors (Lipinski definition) is 1. The smallest absolute Gasteiger partial charge is 0.208 e. The third kappa shape index (κ3) is 5.60.